The molecular formula is C12H12ClN3OS. The number of halogens is 1. The van der Waals surface area contributed by atoms with Crippen LogP contribution in [0.25, 0.3) is 10.4 Å². The van der Waals surface area contributed by atoms with Crippen LogP contribution in [0.3, 0.4) is 0 Å². The maximum atomic E-state index is 11.6. The standard InChI is InChI=1S/C12H11N3OS.ClH/c13-12(14)15-11(16)9-4-1-3-8(7-9)10-5-2-6-17-10;/h1-7H,(H4,13,14,15,16);1H. The second kappa shape index (κ2) is 6.18. The Morgan fingerprint density at radius 3 is 2.56 bits per heavy atom. The summed E-state index contributed by atoms with van der Waals surface area (Å²) in [7, 11) is 0. The third-order valence-electron chi connectivity index (χ3n) is 2.15. The molecule has 2 rings (SSSR count). The summed E-state index contributed by atoms with van der Waals surface area (Å²) in [4.78, 5) is 16.2. The van der Waals surface area contributed by atoms with E-state index in [1.165, 1.54) is 0 Å². The molecule has 0 aliphatic heterocycles. The molecule has 0 aliphatic carbocycles. The monoisotopic (exact) mass is 281 g/mol. The first-order chi connectivity index (χ1) is 8.16. The molecule has 4 N–H and O–H groups in total. The maximum Gasteiger partial charge on any atom is 0.280 e. The van der Waals surface area contributed by atoms with Crippen LogP contribution in [0, 0.1) is 0 Å². The lowest BCUT2D eigenvalue weighted by molar-refractivity contribution is 0.100. The number of guanidine groups is 1. The Hall–Kier alpha value is -1.85. The van der Waals surface area contributed by atoms with Gasteiger partial charge in [-0.3, -0.25) is 4.79 Å². The molecule has 1 aromatic carbocycles. The molecular weight excluding hydrogens is 270 g/mol. The van der Waals surface area contributed by atoms with Crippen LogP contribution in [0.2, 0.25) is 0 Å². The number of carbonyl (C=O) groups is 1. The normalized spacial score (nSPS) is 9.33. The van der Waals surface area contributed by atoms with Crippen molar-refractivity contribution in [2.45, 2.75) is 0 Å². The molecule has 0 saturated carbocycles. The zero-order valence-electron chi connectivity index (χ0n) is 9.37. The van der Waals surface area contributed by atoms with Gasteiger partial charge in [0.25, 0.3) is 5.91 Å². The van der Waals surface area contributed by atoms with Crippen molar-refractivity contribution >= 4 is 35.6 Å². The van der Waals surface area contributed by atoms with Crippen molar-refractivity contribution in [3.8, 4) is 10.4 Å². The predicted octanol–water partition coefficient (Wildman–Crippen LogP) is 2.25. The summed E-state index contributed by atoms with van der Waals surface area (Å²) in [6.07, 6.45) is 0. The van der Waals surface area contributed by atoms with Gasteiger partial charge in [-0.1, -0.05) is 18.2 Å². The highest BCUT2D eigenvalue weighted by atomic mass is 35.5. The van der Waals surface area contributed by atoms with Crippen LogP contribution in [0.15, 0.2) is 46.8 Å². The highest BCUT2D eigenvalue weighted by molar-refractivity contribution is 7.13. The Labute approximate surface area is 115 Å². The molecule has 0 atom stereocenters. The van der Waals surface area contributed by atoms with E-state index in [9.17, 15) is 4.79 Å². The summed E-state index contributed by atoms with van der Waals surface area (Å²) in [6, 6.07) is 11.2. The smallest absolute Gasteiger partial charge is 0.280 e. The molecule has 18 heavy (non-hydrogen) atoms. The second-order valence-corrected chi connectivity index (χ2v) is 4.35. The van der Waals surface area contributed by atoms with Crippen molar-refractivity contribution < 1.29 is 4.79 Å². The summed E-state index contributed by atoms with van der Waals surface area (Å²) in [6.45, 7) is 0. The molecule has 0 aliphatic rings. The van der Waals surface area contributed by atoms with Crippen molar-refractivity contribution in [2.24, 2.45) is 16.5 Å². The van der Waals surface area contributed by atoms with Crippen LogP contribution in [-0.2, 0) is 0 Å². The van der Waals surface area contributed by atoms with Gasteiger partial charge >= 0.3 is 0 Å². The molecule has 0 fully saturated rings. The summed E-state index contributed by atoms with van der Waals surface area (Å²) >= 11 is 1.61. The van der Waals surface area contributed by atoms with Gasteiger partial charge in [-0.05, 0) is 29.1 Å². The van der Waals surface area contributed by atoms with Gasteiger partial charge in [0.05, 0.1) is 0 Å². The number of carbonyl (C=O) groups excluding carboxylic acids is 1. The first-order valence-corrected chi connectivity index (χ1v) is 5.82. The minimum Gasteiger partial charge on any atom is -0.370 e. The largest absolute Gasteiger partial charge is 0.370 e. The minimum atomic E-state index is -0.427. The van der Waals surface area contributed by atoms with Crippen LogP contribution in [-0.4, -0.2) is 11.9 Å². The fraction of sp³-hybridized carbons (Fsp3) is 0. The number of hydrogen-bond donors (Lipinski definition) is 2. The topological polar surface area (TPSA) is 81.5 Å². The fourth-order valence-electron chi connectivity index (χ4n) is 1.43. The zero-order chi connectivity index (χ0) is 12.3. The van der Waals surface area contributed by atoms with Crippen molar-refractivity contribution in [2.75, 3.05) is 0 Å². The van der Waals surface area contributed by atoms with E-state index >= 15 is 0 Å². The van der Waals surface area contributed by atoms with Crippen molar-refractivity contribution in [1.82, 2.24) is 0 Å². The molecule has 0 radical (unpaired) electrons. The van der Waals surface area contributed by atoms with Gasteiger partial charge in [-0.2, -0.15) is 4.99 Å². The van der Waals surface area contributed by atoms with Gasteiger partial charge in [-0.25, -0.2) is 0 Å². The molecule has 0 unspecified atom stereocenters. The van der Waals surface area contributed by atoms with Gasteiger partial charge in [0, 0.05) is 10.4 Å². The lowest BCUT2D eigenvalue weighted by Crippen LogP contribution is -2.24. The molecule has 0 saturated heterocycles. The van der Waals surface area contributed by atoms with E-state index in [0.29, 0.717) is 5.56 Å². The number of amides is 1. The first kappa shape index (κ1) is 14.2. The van der Waals surface area contributed by atoms with Crippen molar-refractivity contribution in [1.29, 1.82) is 0 Å². The van der Waals surface area contributed by atoms with Crippen LogP contribution in [0.4, 0.5) is 0 Å². The lowest BCUT2D eigenvalue weighted by atomic mass is 10.1. The molecule has 1 aromatic heterocycles. The molecule has 4 nitrogen and oxygen atoms in total. The minimum absolute atomic E-state index is 0. The highest BCUT2D eigenvalue weighted by Gasteiger charge is 2.06. The summed E-state index contributed by atoms with van der Waals surface area (Å²) in [5.41, 5.74) is 11.8. The van der Waals surface area contributed by atoms with Crippen LogP contribution in [0.1, 0.15) is 10.4 Å². The highest BCUT2D eigenvalue weighted by Crippen LogP contribution is 2.25. The Bertz CT molecular complexity index is 562. The zero-order valence-corrected chi connectivity index (χ0v) is 11.0. The molecule has 0 spiro atoms. The van der Waals surface area contributed by atoms with Crippen molar-refractivity contribution in [3.05, 3.63) is 47.3 Å². The van der Waals surface area contributed by atoms with Crippen LogP contribution in [0.5, 0.6) is 0 Å². The van der Waals surface area contributed by atoms with E-state index < -0.39 is 5.91 Å². The number of nitrogens with two attached hydrogens (primary N) is 2. The summed E-state index contributed by atoms with van der Waals surface area (Å²) in [5, 5.41) is 1.99. The number of aliphatic imine (C=N–C) groups is 1. The average Bonchev–Trinajstić information content (AvgIpc) is 2.82. The predicted molar refractivity (Wildman–Crippen MR) is 77.1 cm³/mol. The van der Waals surface area contributed by atoms with E-state index in [1.807, 2.05) is 29.6 Å². The van der Waals surface area contributed by atoms with Gasteiger partial charge in [0.15, 0.2) is 5.96 Å². The average molecular weight is 282 g/mol. The van der Waals surface area contributed by atoms with Gasteiger partial charge < -0.3 is 11.5 Å². The number of thiophene rings is 1. The van der Waals surface area contributed by atoms with Crippen LogP contribution >= 0.6 is 23.7 Å². The molecule has 1 heterocycles. The summed E-state index contributed by atoms with van der Waals surface area (Å²) < 4.78 is 0. The quantitative estimate of drug-likeness (QED) is 0.654. The number of nitrogens with zero attached hydrogens (tertiary/aromatic N) is 1. The number of hydrogen-bond acceptors (Lipinski definition) is 2. The lowest BCUT2D eigenvalue weighted by Gasteiger charge is -2.00. The van der Waals surface area contributed by atoms with Crippen molar-refractivity contribution in [3.63, 3.8) is 0 Å². The number of rotatable bonds is 2. The van der Waals surface area contributed by atoms with Gasteiger partial charge in [0.1, 0.15) is 0 Å². The Morgan fingerprint density at radius 2 is 1.94 bits per heavy atom. The van der Waals surface area contributed by atoms with E-state index in [1.54, 1.807) is 23.5 Å². The number of benzene rings is 1. The Morgan fingerprint density at radius 1 is 1.17 bits per heavy atom. The third kappa shape index (κ3) is 3.32. The van der Waals surface area contributed by atoms with Gasteiger partial charge in [0.2, 0.25) is 0 Å². The molecule has 0 bridgehead atoms. The molecule has 2 aromatic rings. The van der Waals surface area contributed by atoms with Gasteiger partial charge in [-0.15, -0.1) is 23.7 Å². The SMILES string of the molecule is Cl.NC(N)=NC(=O)c1cccc(-c2cccs2)c1. The third-order valence-corrected chi connectivity index (χ3v) is 3.06. The molecule has 1 amide bonds. The molecule has 94 valence electrons. The van der Waals surface area contributed by atoms with E-state index in [4.69, 9.17) is 11.5 Å². The fourth-order valence-corrected chi connectivity index (χ4v) is 2.15. The van der Waals surface area contributed by atoms with Crippen LogP contribution < -0.4 is 11.5 Å². The van der Waals surface area contributed by atoms with E-state index in [-0.39, 0.29) is 18.4 Å². The first-order valence-electron chi connectivity index (χ1n) is 4.95. The second-order valence-electron chi connectivity index (χ2n) is 3.40. The maximum absolute atomic E-state index is 11.6. The van der Waals surface area contributed by atoms with E-state index in [0.717, 1.165) is 10.4 Å². The van der Waals surface area contributed by atoms with E-state index in [2.05, 4.69) is 4.99 Å². The Kier molecular flexibility index (Phi) is 4.88. The molecule has 6 heteroatoms. The summed E-state index contributed by atoms with van der Waals surface area (Å²) in [5.74, 6) is -0.653. The Balaban J connectivity index is 0.00000162.